The van der Waals surface area contributed by atoms with Crippen LogP contribution in [0.3, 0.4) is 0 Å². The molecule has 104 valence electrons. The number of hydrogen-bond acceptors (Lipinski definition) is 3. The normalized spacial score (nSPS) is 11.2. The molecule has 1 aromatic rings. The van der Waals surface area contributed by atoms with E-state index in [4.69, 9.17) is 17.5 Å². The summed E-state index contributed by atoms with van der Waals surface area (Å²) in [5, 5.41) is 9.16. The number of hydrogen-bond donors (Lipinski definition) is 0. The minimum absolute atomic E-state index is 0.290. The maximum atomic E-state index is 9.16. The van der Waals surface area contributed by atoms with Crippen molar-refractivity contribution < 1.29 is 0 Å². The number of benzene rings is 1. The molecule has 0 heterocycles. The lowest BCUT2D eigenvalue weighted by Gasteiger charge is -2.11. The fourth-order valence-electron chi connectivity index (χ4n) is 1.41. The first kappa shape index (κ1) is 15.9. The van der Waals surface area contributed by atoms with Gasteiger partial charge >= 0.3 is 0 Å². The Balaban J connectivity index is 2.95. The Morgan fingerprint density at radius 1 is 1.20 bits per heavy atom. The van der Waals surface area contributed by atoms with Crippen molar-refractivity contribution in [2.45, 2.75) is 0 Å². The van der Waals surface area contributed by atoms with Crippen LogP contribution in [0.1, 0.15) is 5.56 Å². The van der Waals surface area contributed by atoms with Crippen molar-refractivity contribution in [3.8, 4) is 6.07 Å². The first-order valence-corrected chi connectivity index (χ1v) is 6.49. The van der Waals surface area contributed by atoms with Gasteiger partial charge in [-0.2, -0.15) is 5.26 Å². The lowest BCUT2D eigenvalue weighted by molar-refractivity contribution is 0.644. The highest BCUT2D eigenvalue weighted by atomic mass is 32.1. The zero-order valence-electron chi connectivity index (χ0n) is 12.2. The van der Waals surface area contributed by atoms with Crippen molar-refractivity contribution in [1.82, 2.24) is 4.90 Å². The third-order valence-corrected chi connectivity index (χ3v) is 2.80. The summed E-state index contributed by atoms with van der Waals surface area (Å²) in [5.41, 5.74) is 2.42. The minimum Gasteiger partial charge on any atom is -0.378 e. The van der Waals surface area contributed by atoms with Crippen LogP contribution in [0.15, 0.2) is 34.8 Å². The molecule has 0 atom stereocenters. The van der Waals surface area contributed by atoms with E-state index in [0.717, 1.165) is 11.3 Å². The Morgan fingerprint density at radius 3 is 2.25 bits per heavy atom. The summed E-state index contributed by atoms with van der Waals surface area (Å²) >= 11 is 5.14. The molecule has 0 unspecified atom stereocenters. The predicted molar refractivity (Wildman–Crippen MR) is 89.1 cm³/mol. The Morgan fingerprint density at radius 2 is 1.80 bits per heavy atom. The van der Waals surface area contributed by atoms with Gasteiger partial charge in [0.2, 0.25) is 0 Å². The van der Waals surface area contributed by atoms with Crippen LogP contribution in [0.4, 0.5) is 5.69 Å². The van der Waals surface area contributed by atoms with E-state index >= 15 is 0 Å². The molecule has 1 rings (SSSR count). The van der Waals surface area contributed by atoms with Gasteiger partial charge in [0.1, 0.15) is 11.1 Å². The van der Waals surface area contributed by atoms with Crippen molar-refractivity contribution in [3.63, 3.8) is 0 Å². The third-order valence-electron chi connectivity index (χ3n) is 2.48. The Kier molecular flexibility index (Phi) is 5.88. The highest BCUT2D eigenvalue weighted by Gasteiger charge is 2.03. The SMILES string of the molecule is CN(C)C=NC(=S)/C(C#N)=C/c1ccc(N(C)C)cc1. The van der Waals surface area contributed by atoms with Crippen molar-refractivity contribution in [1.29, 1.82) is 5.26 Å². The second-order valence-corrected chi connectivity index (χ2v) is 5.06. The van der Waals surface area contributed by atoms with Crippen molar-refractivity contribution in [2.24, 2.45) is 4.99 Å². The van der Waals surface area contributed by atoms with E-state index in [1.165, 1.54) is 0 Å². The molecule has 0 saturated heterocycles. The van der Waals surface area contributed by atoms with Crippen LogP contribution in [-0.4, -0.2) is 44.4 Å². The van der Waals surface area contributed by atoms with Crippen LogP contribution < -0.4 is 4.90 Å². The van der Waals surface area contributed by atoms with Gasteiger partial charge in [0.05, 0.1) is 11.9 Å². The Hall–Kier alpha value is -2.19. The van der Waals surface area contributed by atoms with Crippen molar-refractivity contribution >= 4 is 35.3 Å². The van der Waals surface area contributed by atoms with Gasteiger partial charge in [0.25, 0.3) is 0 Å². The summed E-state index contributed by atoms with van der Waals surface area (Å²) in [4.78, 5) is 8.15. The lowest BCUT2D eigenvalue weighted by atomic mass is 10.1. The van der Waals surface area contributed by atoms with E-state index in [9.17, 15) is 0 Å². The first-order chi connectivity index (χ1) is 9.43. The summed E-state index contributed by atoms with van der Waals surface area (Å²) < 4.78 is 0. The van der Waals surface area contributed by atoms with Gasteiger partial charge in [0.15, 0.2) is 0 Å². The molecule has 0 aliphatic carbocycles. The highest BCUT2D eigenvalue weighted by molar-refractivity contribution is 7.80. The van der Waals surface area contributed by atoms with Crippen LogP contribution in [0.2, 0.25) is 0 Å². The minimum atomic E-state index is 0.290. The lowest BCUT2D eigenvalue weighted by Crippen LogP contribution is -2.09. The molecular weight excluding hydrogens is 268 g/mol. The number of aliphatic imine (C=N–C) groups is 1. The van der Waals surface area contributed by atoms with E-state index < -0.39 is 0 Å². The molecule has 1 aromatic carbocycles. The first-order valence-electron chi connectivity index (χ1n) is 6.08. The highest BCUT2D eigenvalue weighted by Crippen LogP contribution is 2.15. The van der Waals surface area contributed by atoms with E-state index in [0.29, 0.717) is 5.57 Å². The molecule has 5 heteroatoms. The smallest absolute Gasteiger partial charge is 0.145 e. The Bertz CT molecular complexity index is 563. The molecule has 0 bridgehead atoms. The van der Waals surface area contributed by atoms with Crippen LogP contribution >= 0.6 is 12.2 Å². The molecule has 0 fully saturated rings. The van der Waals surface area contributed by atoms with Gasteiger partial charge in [-0.25, -0.2) is 4.99 Å². The fraction of sp³-hybridized carbons (Fsp3) is 0.267. The fourth-order valence-corrected chi connectivity index (χ4v) is 1.57. The molecule has 0 radical (unpaired) electrons. The molecule has 0 amide bonds. The van der Waals surface area contributed by atoms with Gasteiger partial charge in [0, 0.05) is 33.9 Å². The second-order valence-electron chi connectivity index (χ2n) is 4.67. The van der Waals surface area contributed by atoms with Gasteiger partial charge in [-0.05, 0) is 23.8 Å². The third kappa shape index (κ3) is 4.82. The predicted octanol–water partition coefficient (Wildman–Crippen LogP) is 2.58. The maximum absolute atomic E-state index is 9.16. The molecule has 20 heavy (non-hydrogen) atoms. The molecular formula is C15H18N4S. The van der Waals surface area contributed by atoms with Gasteiger partial charge in [-0.3, -0.25) is 0 Å². The molecule has 0 aliphatic heterocycles. The van der Waals surface area contributed by atoms with Crippen LogP contribution in [0.25, 0.3) is 6.08 Å². The summed E-state index contributed by atoms with van der Waals surface area (Å²) in [7, 11) is 7.66. The number of nitrogens with zero attached hydrogens (tertiary/aromatic N) is 4. The average Bonchev–Trinajstić information content (AvgIpc) is 2.42. The van der Waals surface area contributed by atoms with Gasteiger partial charge in [-0.1, -0.05) is 24.4 Å². The van der Waals surface area contributed by atoms with Crippen molar-refractivity contribution in [2.75, 3.05) is 33.1 Å². The monoisotopic (exact) mass is 286 g/mol. The Labute approximate surface area is 125 Å². The summed E-state index contributed by atoms with van der Waals surface area (Å²) in [6, 6.07) is 9.97. The molecule has 0 spiro atoms. The van der Waals surface area contributed by atoms with E-state index in [2.05, 4.69) is 11.1 Å². The topological polar surface area (TPSA) is 42.6 Å². The van der Waals surface area contributed by atoms with Gasteiger partial charge in [-0.15, -0.1) is 0 Å². The largest absolute Gasteiger partial charge is 0.378 e. The van der Waals surface area contributed by atoms with Crippen LogP contribution in [0.5, 0.6) is 0 Å². The zero-order chi connectivity index (χ0) is 15.1. The number of thiocarbonyl (C=S) groups is 1. The number of rotatable bonds is 4. The second kappa shape index (κ2) is 7.41. The summed E-state index contributed by atoms with van der Waals surface area (Å²) in [6.07, 6.45) is 3.33. The molecule has 0 aliphatic rings. The standard InChI is InChI=1S/C15H18N4S/c1-18(2)11-17-15(20)13(10-16)9-12-5-7-14(8-6-12)19(3)4/h5-9,11H,1-4H3/b13-9+,17-11?. The summed E-state index contributed by atoms with van der Waals surface area (Å²) in [5.74, 6) is 0. The molecule has 0 N–H and O–H groups in total. The number of anilines is 1. The summed E-state index contributed by atoms with van der Waals surface area (Å²) in [6.45, 7) is 0. The van der Waals surface area contributed by atoms with E-state index in [-0.39, 0.29) is 4.99 Å². The van der Waals surface area contributed by atoms with Crippen LogP contribution in [0, 0.1) is 11.3 Å². The molecule has 0 saturated carbocycles. The maximum Gasteiger partial charge on any atom is 0.145 e. The molecule has 0 aromatic heterocycles. The van der Waals surface area contributed by atoms with E-state index in [1.54, 1.807) is 17.3 Å². The zero-order valence-corrected chi connectivity index (χ0v) is 13.0. The number of nitriles is 1. The van der Waals surface area contributed by atoms with Crippen LogP contribution in [-0.2, 0) is 0 Å². The van der Waals surface area contributed by atoms with Crippen molar-refractivity contribution in [3.05, 3.63) is 35.4 Å². The molecule has 4 nitrogen and oxygen atoms in total. The van der Waals surface area contributed by atoms with E-state index in [1.807, 2.05) is 57.4 Å². The van der Waals surface area contributed by atoms with Gasteiger partial charge < -0.3 is 9.80 Å². The quantitative estimate of drug-likeness (QED) is 0.280. The average molecular weight is 286 g/mol.